The van der Waals surface area contributed by atoms with Gasteiger partial charge < -0.3 is 15.1 Å². The van der Waals surface area contributed by atoms with Crippen LogP contribution in [-0.2, 0) is 6.42 Å². The van der Waals surface area contributed by atoms with Crippen LogP contribution in [0.5, 0.6) is 0 Å². The minimum absolute atomic E-state index is 0.776. The average Bonchev–Trinajstić information content (AvgIpc) is 3.39. The first-order valence-electron chi connectivity index (χ1n) is 10.9. The van der Waals surface area contributed by atoms with Gasteiger partial charge in [-0.2, -0.15) is 0 Å². The third-order valence-electron chi connectivity index (χ3n) is 6.40. The van der Waals surface area contributed by atoms with E-state index in [1.165, 1.54) is 80.3 Å². The van der Waals surface area contributed by atoms with Crippen molar-refractivity contribution in [2.24, 2.45) is 0 Å². The van der Waals surface area contributed by atoms with E-state index >= 15 is 0 Å². The molecule has 2 aromatic rings. The van der Waals surface area contributed by atoms with Crippen LogP contribution in [0.25, 0.3) is 11.1 Å². The van der Waals surface area contributed by atoms with E-state index in [1.807, 2.05) is 0 Å². The zero-order chi connectivity index (χ0) is 20.6. The Bertz CT molecular complexity index is 760. The molecule has 2 N–H and O–H groups in total. The number of carbonyl (C=O) groups is 1. The van der Waals surface area contributed by atoms with E-state index in [0.29, 0.717) is 0 Å². The maximum absolute atomic E-state index is 8.56. The van der Waals surface area contributed by atoms with Gasteiger partial charge >= 0.3 is 6.16 Å². The van der Waals surface area contributed by atoms with Crippen molar-refractivity contribution >= 4 is 6.16 Å². The van der Waals surface area contributed by atoms with Crippen molar-refractivity contribution in [3.05, 3.63) is 59.7 Å². The lowest BCUT2D eigenvalue weighted by molar-refractivity contribution is 0.137. The second-order valence-corrected chi connectivity index (χ2v) is 8.36. The van der Waals surface area contributed by atoms with Crippen LogP contribution < -0.4 is 0 Å². The van der Waals surface area contributed by atoms with Crippen LogP contribution in [0.3, 0.4) is 0 Å². The lowest BCUT2D eigenvalue weighted by atomic mass is 9.95. The van der Waals surface area contributed by atoms with Gasteiger partial charge in [-0.1, -0.05) is 61.4 Å². The molecule has 29 heavy (non-hydrogen) atoms. The maximum Gasteiger partial charge on any atom is 0.503 e. The van der Waals surface area contributed by atoms with Crippen LogP contribution in [0.2, 0.25) is 0 Å². The molecule has 156 valence electrons. The summed E-state index contributed by atoms with van der Waals surface area (Å²) >= 11 is 0. The molecule has 0 amide bonds. The molecule has 1 atom stereocenters. The minimum Gasteiger partial charge on any atom is -0.450 e. The Kier molecular flexibility index (Phi) is 7.70. The molecule has 0 radical (unpaired) electrons. The molecule has 2 aliphatic rings. The smallest absolute Gasteiger partial charge is 0.450 e. The normalized spacial score (nSPS) is 19.7. The molecule has 2 fully saturated rings. The maximum atomic E-state index is 8.56. The number of benzene rings is 2. The number of rotatable bonds is 5. The summed E-state index contributed by atoms with van der Waals surface area (Å²) in [5.74, 6) is 0.810. The summed E-state index contributed by atoms with van der Waals surface area (Å²) in [5.41, 5.74) is 5.70. The molecule has 0 bridgehead atoms. The van der Waals surface area contributed by atoms with Crippen molar-refractivity contribution in [2.75, 3.05) is 13.1 Å². The Morgan fingerprint density at radius 2 is 1.45 bits per heavy atom. The summed E-state index contributed by atoms with van der Waals surface area (Å²) in [4.78, 5) is 11.2. The van der Waals surface area contributed by atoms with Gasteiger partial charge in [0.2, 0.25) is 0 Å². The molecule has 1 saturated carbocycles. The van der Waals surface area contributed by atoms with Crippen LogP contribution in [-0.4, -0.2) is 40.4 Å². The average molecular weight is 396 g/mol. The molecule has 1 aliphatic heterocycles. The number of likely N-dealkylation sites (tertiary alicyclic amines) is 1. The monoisotopic (exact) mass is 395 g/mol. The fraction of sp³-hybridized carbons (Fsp3) is 0.480. The van der Waals surface area contributed by atoms with Gasteiger partial charge in [0.1, 0.15) is 0 Å². The standard InChI is InChI=1S/C24H31N.CH2O3/c1-19-5-4-17-25(19)18-16-20-8-10-22(11-9-20)24-14-12-23(13-15-24)21-6-2-3-7-21;2-1(3)4/h8-15,19,21H,2-7,16-18H2,1H3;(H2,2,3,4)/t19-;/m1./s1. The quantitative estimate of drug-likeness (QED) is 0.627. The molecular weight excluding hydrogens is 362 g/mol. The van der Waals surface area contributed by atoms with Crippen molar-refractivity contribution in [2.45, 2.75) is 63.8 Å². The molecular formula is C25H33NO3. The summed E-state index contributed by atoms with van der Waals surface area (Å²) in [5, 5.41) is 13.9. The van der Waals surface area contributed by atoms with E-state index in [9.17, 15) is 0 Å². The van der Waals surface area contributed by atoms with Gasteiger partial charge in [0, 0.05) is 12.6 Å². The molecule has 1 aliphatic carbocycles. The highest BCUT2D eigenvalue weighted by molar-refractivity contribution is 5.64. The Morgan fingerprint density at radius 1 is 0.897 bits per heavy atom. The molecule has 0 unspecified atom stereocenters. The number of hydrogen-bond donors (Lipinski definition) is 2. The second-order valence-electron chi connectivity index (χ2n) is 8.36. The van der Waals surface area contributed by atoms with E-state index in [0.717, 1.165) is 12.0 Å². The first kappa shape index (κ1) is 21.4. The van der Waals surface area contributed by atoms with Gasteiger partial charge in [0.05, 0.1) is 0 Å². The van der Waals surface area contributed by atoms with Crippen molar-refractivity contribution in [1.29, 1.82) is 0 Å². The van der Waals surface area contributed by atoms with Gasteiger partial charge in [0.25, 0.3) is 0 Å². The molecule has 0 aromatic heterocycles. The number of hydrogen-bond acceptors (Lipinski definition) is 2. The van der Waals surface area contributed by atoms with Crippen LogP contribution in [0.15, 0.2) is 48.5 Å². The van der Waals surface area contributed by atoms with Gasteiger partial charge in [0.15, 0.2) is 0 Å². The fourth-order valence-electron chi connectivity index (χ4n) is 4.67. The Morgan fingerprint density at radius 3 is 1.97 bits per heavy atom. The van der Waals surface area contributed by atoms with Gasteiger partial charge in [-0.15, -0.1) is 0 Å². The van der Waals surface area contributed by atoms with Crippen LogP contribution in [0.1, 0.15) is 62.5 Å². The predicted molar refractivity (Wildman–Crippen MR) is 118 cm³/mol. The van der Waals surface area contributed by atoms with E-state index in [-0.39, 0.29) is 0 Å². The molecule has 2 aromatic carbocycles. The van der Waals surface area contributed by atoms with E-state index < -0.39 is 6.16 Å². The molecule has 4 nitrogen and oxygen atoms in total. The largest absolute Gasteiger partial charge is 0.503 e. The van der Waals surface area contributed by atoms with E-state index in [4.69, 9.17) is 15.0 Å². The lowest BCUT2D eigenvalue weighted by Crippen LogP contribution is -2.28. The fourth-order valence-corrected chi connectivity index (χ4v) is 4.67. The molecule has 4 heteroatoms. The topological polar surface area (TPSA) is 60.8 Å². The summed E-state index contributed by atoms with van der Waals surface area (Å²) < 4.78 is 0. The molecule has 0 spiro atoms. The number of nitrogens with zero attached hydrogens (tertiary/aromatic N) is 1. The summed E-state index contributed by atoms with van der Waals surface area (Å²) in [7, 11) is 0. The van der Waals surface area contributed by atoms with Crippen molar-refractivity contribution in [3.63, 3.8) is 0 Å². The van der Waals surface area contributed by atoms with Crippen molar-refractivity contribution in [1.82, 2.24) is 4.90 Å². The highest BCUT2D eigenvalue weighted by Gasteiger charge is 2.19. The third-order valence-corrected chi connectivity index (χ3v) is 6.40. The molecule has 1 saturated heterocycles. The van der Waals surface area contributed by atoms with Gasteiger partial charge in [-0.05, 0) is 73.7 Å². The summed E-state index contributed by atoms with van der Waals surface area (Å²) in [6.07, 6.45) is 7.65. The Hall–Kier alpha value is -2.33. The molecule has 1 heterocycles. The van der Waals surface area contributed by atoms with Gasteiger partial charge in [-0.25, -0.2) is 4.79 Å². The lowest BCUT2D eigenvalue weighted by Gasteiger charge is -2.20. The Balaban J connectivity index is 0.000000552. The summed E-state index contributed by atoms with van der Waals surface area (Å²) in [6, 6.07) is 19.4. The SMILES string of the molecule is C[C@@H]1CCCN1CCc1ccc(-c2ccc(C3CCCC3)cc2)cc1.O=C(O)O. The van der Waals surface area contributed by atoms with E-state index in [1.54, 1.807) is 0 Å². The Labute approximate surface area is 174 Å². The summed E-state index contributed by atoms with van der Waals surface area (Å²) in [6.45, 7) is 4.86. The third kappa shape index (κ3) is 6.33. The van der Waals surface area contributed by atoms with Crippen molar-refractivity contribution < 1.29 is 15.0 Å². The van der Waals surface area contributed by atoms with Crippen LogP contribution >= 0.6 is 0 Å². The number of carboxylic acid groups (broad SMARTS) is 2. The van der Waals surface area contributed by atoms with Crippen LogP contribution in [0, 0.1) is 0 Å². The zero-order valence-corrected chi connectivity index (χ0v) is 17.4. The molecule has 4 rings (SSSR count). The first-order valence-corrected chi connectivity index (χ1v) is 10.9. The van der Waals surface area contributed by atoms with Crippen LogP contribution in [0.4, 0.5) is 4.79 Å². The van der Waals surface area contributed by atoms with Crippen molar-refractivity contribution in [3.8, 4) is 11.1 Å². The first-order chi connectivity index (χ1) is 14.0. The van der Waals surface area contributed by atoms with Gasteiger partial charge in [-0.3, -0.25) is 0 Å². The minimum atomic E-state index is -1.83. The highest BCUT2D eigenvalue weighted by atomic mass is 16.6. The predicted octanol–water partition coefficient (Wildman–Crippen LogP) is 6.26. The van der Waals surface area contributed by atoms with E-state index in [2.05, 4.69) is 60.4 Å². The highest BCUT2D eigenvalue weighted by Crippen LogP contribution is 2.34. The second kappa shape index (κ2) is 10.4. The zero-order valence-electron chi connectivity index (χ0n) is 17.4.